The Kier molecular flexibility index (Phi) is 5.10. The van der Waals surface area contributed by atoms with Gasteiger partial charge in [0, 0.05) is 12.7 Å². The van der Waals surface area contributed by atoms with Gasteiger partial charge in [0.1, 0.15) is 5.82 Å². The quantitative estimate of drug-likeness (QED) is 0.826. The van der Waals surface area contributed by atoms with E-state index in [1.807, 2.05) is 0 Å². The summed E-state index contributed by atoms with van der Waals surface area (Å²) < 4.78 is 56.4. The average molecular weight is 265 g/mol. The minimum atomic E-state index is -4.69. The van der Waals surface area contributed by atoms with Crippen molar-refractivity contribution in [1.29, 1.82) is 0 Å². The number of benzene rings is 1. The molecule has 1 atom stereocenters. The van der Waals surface area contributed by atoms with Crippen LogP contribution >= 0.6 is 0 Å². The van der Waals surface area contributed by atoms with Gasteiger partial charge in [-0.05, 0) is 12.6 Å². The van der Waals surface area contributed by atoms with E-state index in [0.717, 1.165) is 6.07 Å². The summed E-state index contributed by atoms with van der Waals surface area (Å²) in [5, 5.41) is 2.89. The van der Waals surface area contributed by atoms with E-state index < -0.39 is 23.6 Å². The Bertz CT molecular complexity index is 386. The van der Waals surface area contributed by atoms with Crippen LogP contribution in [0.2, 0.25) is 0 Å². The molecule has 0 fully saturated rings. The fraction of sp³-hybridized carbons (Fsp3) is 0.500. The standard InChI is InChI=1S/C12H15F4NO/c1-3-17-10(7-18-2)8-5-4-6-9(11(8)13)12(14,15)16/h4-6,10,17H,3,7H2,1-2H3. The molecule has 0 bridgehead atoms. The third kappa shape index (κ3) is 3.43. The Hall–Kier alpha value is -1.14. The lowest BCUT2D eigenvalue weighted by Crippen LogP contribution is -2.26. The third-order valence-electron chi connectivity index (χ3n) is 2.49. The van der Waals surface area contributed by atoms with Gasteiger partial charge in [-0.2, -0.15) is 13.2 Å². The molecular formula is C12H15F4NO. The van der Waals surface area contributed by atoms with Crippen molar-refractivity contribution in [3.8, 4) is 0 Å². The van der Waals surface area contributed by atoms with Crippen LogP contribution in [0.3, 0.4) is 0 Å². The minimum absolute atomic E-state index is 0.0338. The van der Waals surface area contributed by atoms with Gasteiger partial charge in [0.25, 0.3) is 0 Å². The first-order valence-electron chi connectivity index (χ1n) is 5.49. The van der Waals surface area contributed by atoms with E-state index in [-0.39, 0.29) is 12.2 Å². The van der Waals surface area contributed by atoms with Crippen LogP contribution in [0.5, 0.6) is 0 Å². The van der Waals surface area contributed by atoms with E-state index in [4.69, 9.17) is 4.74 Å². The van der Waals surface area contributed by atoms with Crippen LogP contribution < -0.4 is 5.32 Å². The summed E-state index contributed by atoms with van der Waals surface area (Å²) in [6.45, 7) is 2.39. The fourth-order valence-corrected chi connectivity index (χ4v) is 1.71. The molecule has 1 unspecified atom stereocenters. The van der Waals surface area contributed by atoms with E-state index in [1.165, 1.54) is 19.2 Å². The molecular weight excluding hydrogens is 250 g/mol. The lowest BCUT2D eigenvalue weighted by molar-refractivity contribution is -0.140. The van der Waals surface area contributed by atoms with Crippen LogP contribution in [-0.4, -0.2) is 20.3 Å². The van der Waals surface area contributed by atoms with Crippen molar-refractivity contribution in [2.24, 2.45) is 0 Å². The molecule has 0 aliphatic carbocycles. The van der Waals surface area contributed by atoms with Gasteiger partial charge in [0.05, 0.1) is 18.2 Å². The summed E-state index contributed by atoms with van der Waals surface area (Å²) in [5.41, 5.74) is -1.28. The molecule has 0 radical (unpaired) electrons. The molecule has 1 N–H and O–H groups in total. The van der Waals surface area contributed by atoms with Crippen molar-refractivity contribution < 1.29 is 22.3 Å². The van der Waals surface area contributed by atoms with Crippen molar-refractivity contribution in [2.45, 2.75) is 19.1 Å². The number of hydrogen-bond acceptors (Lipinski definition) is 2. The second-order valence-electron chi connectivity index (χ2n) is 3.77. The maximum Gasteiger partial charge on any atom is 0.419 e. The first-order chi connectivity index (χ1) is 8.41. The summed E-state index contributed by atoms with van der Waals surface area (Å²) in [5.74, 6) is -1.24. The molecule has 0 spiro atoms. The molecule has 0 heterocycles. The highest BCUT2D eigenvalue weighted by Crippen LogP contribution is 2.33. The predicted octanol–water partition coefficient (Wildman–Crippen LogP) is 3.14. The van der Waals surface area contributed by atoms with Gasteiger partial charge < -0.3 is 10.1 Å². The van der Waals surface area contributed by atoms with Crippen LogP contribution in [0.15, 0.2) is 18.2 Å². The van der Waals surface area contributed by atoms with E-state index >= 15 is 0 Å². The zero-order valence-electron chi connectivity index (χ0n) is 10.1. The monoisotopic (exact) mass is 265 g/mol. The molecule has 1 aromatic carbocycles. The Labute approximate surface area is 103 Å². The Morgan fingerprint density at radius 1 is 1.33 bits per heavy atom. The topological polar surface area (TPSA) is 21.3 Å². The number of halogens is 4. The number of methoxy groups -OCH3 is 1. The van der Waals surface area contributed by atoms with Gasteiger partial charge in [-0.1, -0.05) is 19.1 Å². The lowest BCUT2D eigenvalue weighted by atomic mass is 10.0. The lowest BCUT2D eigenvalue weighted by Gasteiger charge is -2.20. The Morgan fingerprint density at radius 3 is 2.50 bits per heavy atom. The molecule has 0 aliphatic rings. The molecule has 0 aromatic heterocycles. The second kappa shape index (κ2) is 6.15. The highest BCUT2D eigenvalue weighted by Gasteiger charge is 2.35. The van der Waals surface area contributed by atoms with Crippen molar-refractivity contribution in [2.75, 3.05) is 20.3 Å². The molecule has 1 aromatic rings. The molecule has 0 aliphatic heterocycles. The van der Waals surface area contributed by atoms with E-state index in [9.17, 15) is 17.6 Å². The highest BCUT2D eigenvalue weighted by atomic mass is 19.4. The van der Waals surface area contributed by atoms with Gasteiger partial charge in [0.15, 0.2) is 0 Å². The number of likely N-dealkylation sites (N-methyl/N-ethyl adjacent to an activating group) is 1. The third-order valence-corrected chi connectivity index (χ3v) is 2.49. The molecule has 0 saturated carbocycles. The molecule has 18 heavy (non-hydrogen) atoms. The summed E-state index contributed by atoms with van der Waals surface area (Å²) in [4.78, 5) is 0. The minimum Gasteiger partial charge on any atom is -0.383 e. The number of alkyl halides is 3. The normalized spacial score (nSPS) is 13.7. The molecule has 0 amide bonds. The first kappa shape index (κ1) is 14.9. The van der Waals surface area contributed by atoms with Crippen LogP contribution in [0.25, 0.3) is 0 Å². The van der Waals surface area contributed by atoms with Crippen LogP contribution in [0.4, 0.5) is 17.6 Å². The number of hydrogen-bond donors (Lipinski definition) is 1. The van der Waals surface area contributed by atoms with Crippen LogP contribution in [0, 0.1) is 5.82 Å². The molecule has 1 rings (SSSR count). The summed E-state index contributed by atoms with van der Waals surface area (Å²) in [7, 11) is 1.41. The van der Waals surface area contributed by atoms with Gasteiger partial charge in [-0.3, -0.25) is 0 Å². The first-order valence-corrected chi connectivity index (χ1v) is 5.49. The van der Waals surface area contributed by atoms with E-state index in [0.29, 0.717) is 6.54 Å². The maximum absolute atomic E-state index is 13.8. The van der Waals surface area contributed by atoms with Crippen molar-refractivity contribution >= 4 is 0 Å². The van der Waals surface area contributed by atoms with Crippen LogP contribution in [-0.2, 0) is 10.9 Å². The summed E-state index contributed by atoms with van der Waals surface area (Å²) in [6, 6.07) is 2.66. The van der Waals surface area contributed by atoms with Crippen LogP contribution in [0.1, 0.15) is 24.1 Å². The number of nitrogens with one attached hydrogen (secondary N) is 1. The summed E-state index contributed by atoms with van der Waals surface area (Å²) >= 11 is 0. The molecule has 2 nitrogen and oxygen atoms in total. The predicted molar refractivity (Wildman–Crippen MR) is 59.7 cm³/mol. The Balaban J connectivity index is 3.15. The number of ether oxygens (including phenoxy) is 1. The van der Waals surface area contributed by atoms with E-state index in [2.05, 4.69) is 5.32 Å². The zero-order chi connectivity index (χ0) is 13.8. The van der Waals surface area contributed by atoms with E-state index in [1.54, 1.807) is 6.92 Å². The molecule has 102 valence electrons. The summed E-state index contributed by atoms with van der Waals surface area (Å²) in [6.07, 6.45) is -4.69. The van der Waals surface area contributed by atoms with Crippen molar-refractivity contribution in [3.05, 3.63) is 35.1 Å². The molecule has 0 saturated heterocycles. The fourth-order valence-electron chi connectivity index (χ4n) is 1.71. The maximum atomic E-state index is 13.8. The van der Waals surface area contributed by atoms with Gasteiger partial charge >= 0.3 is 6.18 Å². The highest BCUT2D eigenvalue weighted by molar-refractivity contribution is 5.30. The van der Waals surface area contributed by atoms with Gasteiger partial charge in [-0.25, -0.2) is 4.39 Å². The van der Waals surface area contributed by atoms with Crippen molar-refractivity contribution in [3.63, 3.8) is 0 Å². The van der Waals surface area contributed by atoms with Gasteiger partial charge in [0.2, 0.25) is 0 Å². The number of rotatable bonds is 5. The smallest absolute Gasteiger partial charge is 0.383 e. The zero-order valence-corrected chi connectivity index (χ0v) is 10.1. The second-order valence-corrected chi connectivity index (χ2v) is 3.77. The largest absolute Gasteiger partial charge is 0.419 e. The van der Waals surface area contributed by atoms with Gasteiger partial charge in [-0.15, -0.1) is 0 Å². The average Bonchev–Trinajstić information content (AvgIpc) is 2.27. The Morgan fingerprint density at radius 2 is 2.00 bits per heavy atom. The SMILES string of the molecule is CCNC(COC)c1cccc(C(F)(F)F)c1F. The molecule has 6 heteroatoms. The van der Waals surface area contributed by atoms with Crippen molar-refractivity contribution in [1.82, 2.24) is 5.32 Å².